The van der Waals surface area contributed by atoms with Crippen LogP contribution in [0.1, 0.15) is 23.3 Å². The zero-order valence-corrected chi connectivity index (χ0v) is 12.4. The summed E-state index contributed by atoms with van der Waals surface area (Å²) in [5, 5.41) is 15.9. The van der Waals surface area contributed by atoms with Gasteiger partial charge in [0.2, 0.25) is 5.91 Å². The van der Waals surface area contributed by atoms with E-state index in [2.05, 4.69) is 10.4 Å². The van der Waals surface area contributed by atoms with Crippen LogP contribution in [0.2, 0.25) is 10.0 Å². The van der Waals surface area contributed by atoms with E-state index in [0.717, 1.165) is 0 Å². The second kappa shape index (κ2) is 6.15. The Balaban J connectivity index is 2.31. The maximum absolute atomic E-state index is 12.2. The molecule has 110 valence electrons. The molecule has 1 aromatic heterocycles. The minimum Gasteiger partial charge on any atom is -0.478 e. The summed E-state index contributed by atoms with van der Waals surface area (Å²) in [6.07, 6.45) is 3.17. The molecule has 1 unspecified atom stereocenters. The first-order valence-electron chi connectivity index (χ1n) is 5.92. The van der Waals surface area contributed by atoms with Gasteiger partial charge in [-0.15, -0.1) is 0 Å². The van der Waals surface area contributed by atoms with Gasteiger partial charge in [-0.1, -0.05) is 23.2 Å². The number of aromatic nitrogens is 2. The highest BCUT2D eigenvalue weighted by atomic mass is 35.5. The summed E-state index contributed by atoms with van der Waals surface area (Å²) in [5.41, 5.74) is -0.161. The Labute approximate surface area is 130 Å². The summed E-state index contributed by atoms with van der Waals surface area (Å²) in [6, 6.07) is 3.66. The second-order valence-corrected chi connectivity index (χ2v) is 5.11. The number of carbonyl (C=O) groups is 2. The van der Waals surface area contributed by atoms with Gasteiger partial charge >= 0.3 is 5.97 Å². The van der Waals surface area contributed by atoms with Crippen molar-refractivity contribution in [2.45, 2.75) is 13.0 Å². The Bertz CT molecular complexity index is 686. The molecule has 0 bridgehead atoms. The summed E-state index contributed by atoms with van der Waals surface area (Å²) in [6.45, 7) is 1.63. The maximum atomic E-state index is 12.2. The van der Waals surface area contributed by atoms with E-state index in [1.165, 1.54) is 16.8 Å². The highest BCUT2D eigenvalue weighted by molar-refractivity contribution is 6.37. The predicted octanol–water partition coefficient (Wildman–Crippen LogP) is 3.09. The molecule has 0 aliphatic carbocycles. The molecular formula is C13H11Cl2N3O3. The van der Waals surface area contributed by atoms with Crippen molar-refractivity contribution >= 4 is 40.8 Å². The lowest BCUT2D eigenvalue weighted by molar-refractivity contribution is -0.119. The van der Waals surface area contributed by atoms with Crippen LogP contribution in [-0.2, 0) is 4.79 Å². The highest BCUT2D eigenvalue weighted by Crippen LogP contribution is 2.30. The van der Waals surface area contributed by atoms with Gasteiger partial charge in [0, 0.05) is 17.4 Å². The van der Waals surface area contributed by atoms with Gasteiger partial charge in [-0.05, 0) is 25.1 Å². The molecule has 1 heterocycles. The van der Waals surface area contributed by atoms with Crippen molar-refractivity contribution in [1.29, 1.82) is 0 Å². The van der Waals surface area contributed by atoms with Crippen molar-refractivity contribution < 1.29 is 14.7 Å². The van der Waals surface area contributed by atoms with E-state index in [-0.39, 0.29) is 21.3 Å². The number of halogens is 2. The number of carbonyl (C=O) groups excluding carboxylic acids is 1. The highest BCUT2D eigenvalue weighted by Gasteiger charge is 2.21. The van der Waals surface area contributed by atoms with Crippen LogP contribution in [0.25, 0.3) is 0 Å². The van der Waals surface area contributed by atoms with Gasteiger partial charge in [0.1, 0.15) is 6.04 Å². The second-order valence-electron chi connectivity index (χ2n) is 4.27. The van der Waals surface area contributed by atoms with Crippen LogP contribution in [0.15, 0.2) is 30.6 Å². The molecule has 2 rings (SSSR count). The molecule has 2 aromatic rings. The molecule has 0 saturated carbocycles. The molecule has 6 nitrogen and oxygen atoms in total. The van der Waals surface area contributed by atoms with Crippen LogP contribution in [0.3, 0.4) is 0 Å². The monoisotopic (exact) mass is 327 g/mol. The number of rotatable bonds is 4. The largest absolute Gasteiger partial charge is 0.478 e. The number of amides is 1. The number of anilines is 1. The Hall–Kier alpha value is -2.05. The molecule has 0 aliphatic rings. The Morgan fingerprint density at radius 1 is 1.38 bits per heavy atom. The van der Waals surface area contributed by atoms with Crippen molar-refractivity contribution in [3.05, 3.63) is 46.2 Å². The van der Waals surface area contributed by atoms with Gasteiger partial charge in [0.25, 0.3) is 0 Å². The van der Waals surface area contributed by atoms with Crippen molar-refractivity contribution in [1.82, 2.24) is 9.78 Å². The summed E-state index contributed by atoms with van der Waals surface area (Å²) < 4.78 is 1.44. The predicted molar refractivity (Wildman–Crippen MR) is 79.0 cm³/mol. The lowest BCUT2D eigenvalue weighted by atomic mass is 10.1. The summed E-state index contributed by atoms with van der Waals surface area (Å²) >= 11 is 11.7. The molecular weight excluding hydrogens is 317 g/mol. The fourth-order valence-electron chi connectivity index (χ4n) is 1.73. The molecule has 0 radical (unpaired) electrons. The van der Waals surface area contributed by atoms with Crippen molar-refractivity contribution in [2.24, 2.45) is 0 Å². The first-order chi connectivity index (χ1) is 9.90. The third-order valence-corrected chi connectivity index (χ3v) is 3.35. The van der Waals surface area contributed by atoms with Crippen LogP contribution >= 0.6 is 23.2 Å². The fourth-order valence-corrected chi connectivity index (χ4v) is 2.27. The smallest absolute Gasteiger partial charge is 0.337 e. The molecule has 2 N–H and O–H groups in total. The SMILES string of the molecule is CC(C(=O)Nc1c(Cl)cc(Cl)cc1C(=O)O)n1cccn1. The van der Waals surface area contributed by atoms with Crippen LogP contribution in [0.4, 0.5) is 5.69 Å². The van der Waals surface area contributed by atoms with E-state index >= 15 is 0 Å². The summed E-state index contributed by atoms with van der Waals surface area (Å²) in [5.74, 6) is -1.67. The molecule has 0 fully saturated rings. The van der Waals surface area contributed by atoms with Crippen LogP contribution in [0, 0.1) is 0 Å². The average molecular weight is 328 g/mol. The molecule has 21 heavy (non-hydrogen) atoms. The van der Waals surface area contributed by atoms with Gasteiger partial charge in [0.15, 0.2) is 0 Å². The Kier molecular flexibility index (Phi) is 4.50. The number of carboxylic acids is 1. The third kappa shape index (κ3) is 3.34. The van der Waals surface area contributed by atoms with Crippen molar-refractivity contribution in [2.75, 3.05) is 5.32 Å². The van der Waals surface area contributed by atoms with E-state index < -0.39 is 17.9 Å². The molecule has 1 atom stereocenters. The molecule has 1 amide bonds. The average Bonchev–Trinajstić information content (AvgIpc) is 2.94. The minimum atomic E-state index is -1.23. The van der Waals surface area contributed by atoms with E-state index in [1.54, 1.807) is 25.4 Å². The van der Waals surface area contributed by atoms with Crippen LogP contribution in [0.5, 0.6) is 0 Å². The number of nitrogens with one attached hydrogen (secondary N) is 1. The molecule has 8 heteroatoms. The Morgan fingerprint density at radius 3 is 2.67 bits per heavy atom. The number of hydrogen-bond donors (Lipinski definition) is 2. The van der Waals surface area contributed by atoms with Gasteiger partial charge in [-0.2, -0.15) is 5.10 Å². The first kappa shape index (κ1) is 15.3. The lowest BCUT2D eigenvalue weighted by Crippen LogP contribution is -2.25. The standard InChI is InChI=1S/C13H11Cl2N3O3/c1-7(18-4-2-3-16-18)12(19)17-11-9(13(20)21)5-8(14)6-10(11)15/h2-7H,1H3,(H,17,19)(H,20,21). The maximum Gasteiger partial charge on any atom is 0.337 e. The molecule has 0 saturated heterocycles. The van der Waals surface area contributed by atoms with Crippen molar-refractivity contribution in [3.8, 4) is 0 Å². The van der Waals surface area contributed by atoms with E-state index in [4.69, 9.17) is 28.3 Å². The quantitative estimate of drug-likeness (QED) is 0.903. The number of hydrogen-bond acceptors (Lipinski definition) is 3. The zero-order valence-electron chi connectivity index (χ0n) is 10.9. The zero-order chi connectivity index (χ0) is 15.6. The number of carboxylic acid groups (broad SMARTS) is 1. The number of nitrogens with zero attached hydrogens (tertiary/aromatic N) is 2. The van der Waals surface area contributed by atoms with E-state index in [9.17, 15) is 9.59 Å². The van der Waals surface area contributed by atoms with Gasteiger partial charge in [0.05, 0.1) is 16.3 Å². The van der Waals surface area contributed by atoms with Gasteiger partial charge in [-0.3, -0.25) is 9.48 Å². The fraction of sp³-hybridized carbons (Fsp3) is 0.154. The molecule has 0 aliphatic heterocycles. The van der Waals surface area contributed by atoms with Crippen LogP contribution < -0.4 is 5.32 Å². The van der Waals surface area contributed by atoms with Crippen LogP contribution in [-0.4, -0.2) is 26.8 Å². The van der Waals surface area contributed by atoms with E-state index in [1.807, 2.05) is 0 Å². The molecule has 1 aromatic carbocycles. The third-order valence-electron chi connectivity index (χ3n) is 2.83. The molecule has 0 spiro atoms. The van der Waals surface area contributed by atoms with Gasteiger partial charge < -0.3 is 10.4 Å². The minimum absolute atomic E-state index is 0.0116. The summed E-state index contributed by atoms with van der Waals surface area (Å²) in [7, 11) is 0. The normalized spacial score (nSPS) is 12.0. The number of benzene rings is 1. The topological polar surface area (TPSA) is 84.2 Å². The summed E-state index contributed by atoms with van der Waals surface area (Å²) in [4.78, 5) is 23.4. The van der Waals surface area contributed by atoms with Gasteiger partial charge in [-0.25, -0.2) is 4.79 Å². The number of aromatic carboxylic acids is 1. The first-order valence-corrected chi connectivity index (χ1v) is 6.68. The lowest BCUT2D eigenvalue weighted by Gasteiger charge is -2.15. The Morgan fingerprint density at radius 2 is 2.10 bits per heavy atom. The van der Waals surface area contributed by atoms with Crippen molar-refractivity contribution in [3.63, 3.8) is 0 Å². The van der Waals surface area contributed by atoms with E-state index in [0.29, 0.717) is 0 Å².